The highest BCUT2D eigenvalue weighted by molar-refractivity contribution is 5.72. The number of halogens is 3. The zero-order valence-electron chi connectivity index (χ0n) is 13.3. The maximum absolute atomic E-state index is 12.4. The van der Waals surface area contributed by atoms with Crippen LogP contribution in [0.5, 0.6) is 0 Å². The average molecular weight is 310 g/mol. The fraction of sp³-hybridized carbons (Fsp3) is 0.938. The first-order chi connectivity index (χ1) is 9.90. The molecule has 0 amide bonds. The largest absolute Gasteiger partial charge is 0.466 e. The van der Waals surface area contributed by atoms with Gasteiger partial charge in [0.05, 0.1) is 18.9 Å². The van der Waals surface area contributed by atoms with Crippen LogP contribution in [0.1, 0.15) is 78.1 Å². The Kier molecular flexibility index (Phi) is 11.5. The van der Waals surface area contributed by atoms with E-state index in [9.17, 15) is 18.0 Å². The Labute approximate surface area is 126 Å². The molecule has 21 heavy (non-hydrogen) atoms. The molecule has 0 radical (unpaired) electrons. The van der Waals surface area contributed by atoms with Crippen LogP contribution < -0.4 is 0 Å². The zero-order valence-corrected chi connectivity index (χ0v) is 13.3. The van der Waals surface area contributed by atoms with Gasteiger partial charge in [-0.25, -0.2) is 0 Å². The summed E-state index contributed by atoms with van der Waals surface area (Å²) in [6, 6.07) is 0. The average Bonchev–Trinajstić information content (AvgIpc) is 2.39. The SMILES string of the molecule is CCCCCCCCCCC(CC(F)(F)F)C(=O)OCC. The highest BCUT2D eigenvalue weighted by Crippen LogP contribution is 2.29. The predicted octanol–water partition coefficient (Wildman–Crippen LogP) is 5.65. The molecule has 0 fully saturated rings. The second-order valence-corrected chi connectivity index (χ2v) is 5.53. The molecule has 1 unspecified atom stereocenters. The third-order valence-corrected chi connectivity index (χ3v) is 3.50. The molecule has 0 aromatic rings. The van der Waals surface area contributed by atoms with Crippen molar-refractivity contribution in [1.82, 2.24) is 0 Å². The molecular weight excluding hydrogens is 281 g/mol. The Morgan fingerprint density at radius 3 is 1.95 bits per heavy atom. The van der Waals surface area contributed by atoms with Crippen LogP contribution in [0.2, 0.25) is 0 Å². The molecule has 0 aromatic carbocycles. The van der Waals surface area contributed by atoms with Crippen molar-refractivity contribution in [3.63, 3.8) is 0 Å². The van der Waals surface area contributed by atoms with E-state index >= 15 is 0 Å². The van der Waals surface area contributed by atoms with Crippen molar-refractivity contribution < 1.29 is 22.7 Å². The van der Waals surface area contributed by atoms with Crippen LogP contribution in [0.3, 0.4) is 0 Å². The van der Waals surface area contributed by atoms with Crippen molar-refractivity contribution in [2.24, 2.45) is 5.92 Å². The predicted molar refractivity (Wildman–Crippen MR) is 78.0 cm³/mol. The van der Waals surface area contributed by atoms with Gasteiger partial charge in [0, 0.05) is 0 Å². The minimum Gasteiger partial charge on any atom is -0.466 e. The van der Waals surface area contributed by atoms with E-state index in [4.69, 9.17) is 4.74 Å². The molecule has 0 saturated carbocycles. The lowest BCUT2D eigenvalue weighted by atomic mass is 9.97. The van der Waals surface area contributed by atoms with Crippen molar-refractivity contribution in [3.8, 4) is 0 Å². The monoisotopic (exact) mass is 310 g/mol. The lowest BCUT2D eigenvalue weighted by molar-refractivity contribution is -0.168. The summed E-state index contributed by atoms with van der Waals surface area (Å²) in [5.41, 5.74) is 0. The first kappa shape index (κ1) is 20.3. The van der Waals surface area contributed by atoms with E-state index in [1.807, 2.05) is 0 Å². The van der Waals surface area contributed by atoms with E-state index in [2.05, 4.69) is 6.92 Å². The summed E-state index contributed by atoms with van der Waals surface area (Å²) in [5.74, 6) is -1.75. The summed E-state index contributed by atoms with van der Waals surface area (Å²) < 4.78 is 42.1. The molecule has 0 aliphatic heterocycles. The first-order valence-corrected chi connectivity index (χ1v) is 8.14. The van der Waals surface area contributed by atoms with Crippen LogP contribution >= 0.6 is 0 Å². The Hall–Kier alpha value is -0.740. The van der Waals surface area contributed by atoms with Crippen molar-refractivity contribution >= 4 is 5.97 Å². The molecule has 0 bridgehead atoms. The first-order valence-electron chi connectivity index (χ1n) is 8.14. The Morgan fingerprint density at radius 1 is 0.952 bits per heavy atom. The molecule has 0 aliphatic carbocycles. The van der Waals surface area contributed by atoms with Gasteiger partial charge in [-0.15, -0.1) is 0 Å². The molecule has 0 spiro atoms. The minimum absolute atomic E-state index is 0.130. The third-order valence-electron chi connectivity index (χ3n) is 3.50. The Bertz CT molecular complexity index is 265. The van der Waals surface area contributed by atoms with Crippen LogP contribution in [0.25, 0.3) is 0 Å². The van der Waals surface area contributed by atoms with Gasteiger partial charge in [0.15, 0.2) is 0 Å². The molecule has 1 atom stereocenters. The van der Waals surface area contributed by atoms with Gasteiger partial charge in [-0.3, -0.25) is 4.79 Å². The standard InChI is InChI=1S/C16H29F3O2/c1-3-5-6-7-8-9-10-11-12-14(13-16(17,18)19)15(20)21-4-2/h14H,3-13H2,1-2H3. The number of ether oxygens (including phenoxy) is 1. The normalized spacial score (nSPS) is 13.2. The molecule has 126 valence electrons. The van der Waals surface area contributed by atoms with E-state index in [-0.39, 0.29) is 13.0 Å². The second-order valence-electron chi connectivity index (χ2n) is 5.53. The van der Waals surface area contributed by atoms with E-state index in [0.717, 1.165) is 19.3 Å². The minimum atomic E-state index is -4.31. The van der Waals surface area contributed by atoms with Crippen molar-refractivity contribution in [3.05, 3.63) is 0 Å². The highest BCUT2D eigenvalue weighted by atomic mass is 19.4. The van der Waals surface area contributed by atoms with E-state index < -0.39 is 24.5 Å². The van der Waals surface area contributed by atoms with Crippen LogP contribution in [0.4, 0.5) is 13.2 Å². The van der Waals surface area contributed by atoms with Gasteiger partial charge in [-0.05, 0) is 13.3 Å². The lowest BCUT2D eigenvalue weighted by Crippen LogP contribution is -2.24. The number of hydrogen-bond acceptors (Lipinski definition) is 2. The maximum Gasteiger partial charge on any atom is 0.389 e. The van der Waals surface area contributed by atoms with Crippen LogP contribution in [0, 0.1) is 5.92 Å². The van der Waals surface area contributed by atoms with Crippen LogP contribution in [0.15, 0.2) is 0 Å². The Balaban J connectivity index is 3.88. The molecule has 0 saturated heterocycles. The summed E-state index contributed by atoms with van der Waals surface area (Å²) in [6.45, 7) is 3.90. The number of esters is 1. The van der Waals surface area contributed by atoms with Gasteiger partial charge in [-0.2, -0.15) is 13.2 Å². The van der Waals surface area contributed by atoms with Crippen LogP contribution in [-0.4, -0.2) is 18.8 Å². The molecule has 0 rings (SSSR count). The smallest absolute Gasteiger partial charge is 0.389 e. The molecule has 0 heterocycles. The van der Waals surface area contributed by atoms with Crippen LogP contribution in [-0.2, 0) is 9.53 Å². The van der Waals surface area contributed by atoms with Gasteiger partial charge in [-0.1, -0.05) is 58.3 Å². The van der Waals surface area contributed by atoms with E-state index in [0.29, 0.717) is 6.42 Å². The number of rotatable bonds is 12. The highest BCUT2D eigenvalue weighted by Gasteiger charge is 2.35. The summed E-state index contributed by atoms with van der Waals surface area (Å²) in [6.07, 6.45) is 3.48. The molecule has 0 N–H and O–H groups in total. The fourth-order valence-electron chi connectivity index (χ4n) is 2.37. The van der Waals surface area contributed by atoms with E-state index in [1.54, 1.807) is 6.92 Å². The summed E-state index contributed by atoms with van der Waals surface area (Å²) in [7, 11) is 0. The summed E-state index contributed by atoms with van der Waals surface area (Å²) >= 11 is 0. The van der Waals surface area contributed by atoms with Gasteiger partial charge in [0.25, 0.3) is 0 Å². The van der Waals surface area contributed by atoms with Crippen molar-refractivity contribution in [1.29, 1.82) is 0 Å². The van der Waals surface area contributed by atoms with Crippen molar-refractivity contribution in [2.45, 2.75) is 84.2 Å². The molecule has 2 nitrogen and oxygen atoms in total. The number of carbonyl (C=O) groups is 1. The van der Waals surface area contributed by atoms with Crippen molar-refractivity contribution in [2.75, 3.05) is 6.61 Å². The maximum atomic E-state index is 12.4. The number of alkyl halides is 3. The number of hydrogen-bond donors (Lipinski definition) is 0. The van der Waals surface area contributed by atoms with Gasteiger partial charge < -0.3 is 4.74 Å². The quantitative estimate of drug-likeness (QED) is 0.344. The zero-order chi connectivity index (χ0) is 16.1. The van der Waals surface area contributed by atoms with Gasteiger partial charge >= 0.3 is 12.1 Å². The van der Waals surface area contributed by atoms with E-state index in [1.165, 1.54) is 25.7 Å². The molecular formula is C16H29F3O2. The second kappa shape index (κ2) is 11.9. The fourth-order valence-corrected chi connectivity index (χ4v) is 2.37. The van der Waals surface area contributed by atoms with Gasteiger partial charge in [0.1, 0.15) is 0 Å². The Morgan fingerprint density at radius 2 is 1.48 bits per heavy atom. The van der Waals surface area contributed by atoms with Gasteiger partial charge in [0.2, 0.25) is 0 Å². The molecule has 0 aromatic heterocycles. The third kappa shape index (κ3) is 12.7. The molecule has 5 heteroatoms. The lowest BCUT2D eigenvalue weighted by Gasteiger charge is -2.17. The summed E-state index contributed by atoms with van der Waals surface area (Å²) in [4.78, 5) is 11.5. The topological polar surface area (TPSA) is 26.3 Å². The summed E-state index contributed by atoms with van der Waals surface area (Å²) in [5, 5.41) is 0. The number of carbonyl (C=O) groups excluding carboxylic acids is 1. The number of unbranched alkanes of at least 4 members (excludes halogenated alkanes) is 7. The molecule has 0 aliphatic rings.